The number of benzene rings is 1. The van der Waals surface area contributed by atoms with Crippen LogP contribution in [0.1, 0.15) is 25.3 Å². The van der Waals surface area contributed by atoms with Crippen molar-refractivity contribution in [3.05, 3.63) is 29.8 Å². The van der Waals surface area contributed by atoms with Crippen LogP contribution in [0.5, 0.6) is 0 Å². The summed E-state index contributed by atoms with van der Waals surface area (Å²) in [6.07, 6.45) is 0. The Hall–Kier alpha value is -1.84. The zero-order valence-corrected chi connectivity index (χ0v) is 9.61. The molecule has 0 saturated heterocycles. The van der Waals surface area contributed by atoms with Crippen LogP contribution in [0.2, 0.25) is 0 Å². The Morgan fingerprint density at radius 3 is 2.44 bits per heavy atom. The fourth-order valence-corrected chi connectivity index (χ4v) is 1.38. The Kier molecular flexibility index (Phi) is 4.05. The van der Waals surface area contributed by atoms with Crippen molar-refractivity contribution in [1.29, 1.82) is 0 Å². The maximum Gasteiger partial charge on any atom is 0.396 e. The molecular formula is C12H15NO3. The molecule has 0 heterocycles. The van der Waals surface area contributed by atoms with Crippen molar-refractivity contribution in [1.82, 2.24) is 0 Å². The van der Waals surface area contributed by atoms with Gasteiger partial charge in [-0.2, -0.15) is 0 Å². The lowest BCUT2D eigenvalue weighted by Gasteiger charge is -2.12. The van der Waals surface area contributed by atoms with Gasteiger partial charge in [0.2, 0.25) is 0 Å². The fourth-order valence-electron chi connectivity index (χ4n) is 1.38. The Morgan fingerprint density at radius 1 is 1.25 bits per heavy atom. The first-order valence-corrected chi connectivity index (χ1v) is 5.04. The number of ether oxygens (including phenoxy) is 1. The number of hydrogen-bond acceptors (Lipinski definition) is 3. The molecule has 0 aliphatic carbocycles. The second kappa shape index (κ2) is 5.30. The third-order valence-electron chi connectivity index (χ3n) is 2.20. The second-order valence-electron chi connectivity index (χ2n) is 3.69. The number of hydrogen-bond donors (Lipinski definition) is 1. The highest BCUT2D eigenvalue weighted by atomic mass is 16.5. The van der Waals surface area contributed by atoms with Crippen molar-refractivity contribution in [2.24, 2.45) is 0 Å². The molecule has 4 heteroatoms. The van der Waals surface area contributed by atoms with E-state index in [1.165, 1.54) is 7.11 Å². The van der Waals surface area contributed by atoms with E-state index in [9.17, 15) is 9.59 Å². The summed E-state index contributed by atoms with van der Waals surface area (Å²) in [5.74, 6) is -1.37. The van der Waals surface area contributed by atoms with Gasteiger partial charge in [-0.3, -0.25) is 4.79 Å². The van der Waals surface area contributed by atoms with Crippen LogP contribution < -0.4 is 5.32 Å². The van der Waals surface area contributed by atoms with Gasteiger partial charge in [0.15, 0.2) is 0 Å². The standard InChI is InChI=1S/C12H15NO3/c1-8(2)9-6-4-5-7-10(9)13-11(14)12(15)16-3/h4-8H,1-3H3,(H,13,14). The Morgan fingerprint density at radius 2 is 1.88 bits per heavy atom. The van der Waals surface area contributed by atoms with Gasteiger partial charge in [0.1, 0.15) is 0 Å². The van der Waals surface area contributed by atoms with Gasteiger partial charge in [-0.05, 0) is 17.5 Å². The molecule has 1 N–H and O–H groups in total. The first-order valence-electron chi connectivity index (χ1n) is 5.04. The predicted molar refractivity (Wildman–Crippen MR) is 61.2 cm³/mol. The molecule has 1 amide bonds. The SMILES string of the molecule is COC(=O)C(=O)Nc1ccccc1C(C)C. The summed E-state index contributed by atoms with van der Waals surface area (Å²) in [5.41, 5.74) is 1.63. The first kappa shape index (κ1) is 12.2. The quantitative estimate of drug-likeness (QED) is 0.613. The first-order chi connectivity index (χ1) is 7.56. The van der Waals surface area contributed by atoms with E-state index in [-0.39, 0.29) is 5.92 Å². The lowest BCUT2D eigenvalue weighted by atomic mass is 10.0. The van der Waals surface area contributed by atoms with Crippen LogP contribution >= 0.6 is 0 Å². The minimum atomic E-state index is -0.890. The van der Waals surface area contributed by atoms with Crippen LogP contribution in [-0.4, -0.2) is 19.0 Å². The normalized spacial score (nSPS) is 10.0. The molecule has 16 heavy (non-hydrogen) atoms. The van der Waals surface area contributed by atoms with E-state index in [2.05, 4.69) is 10.1 Å². The summed E-state index contributed by atoms with van der Waals surface area (Å²) in [5, 5.41) is 2.53. The van der Waals surface area contributed by atoms with Crippen LogP contribution in [0.4, 0.5) is 5.69 Å². The third-order valence-corrected chi connectivity index (χ3v) is 2.20. The Bertz CT molecular complexity index is 399. The number of rotatable bonds is 2. The van der Waals surface area contributed by atoms with Gasteiger partial charge >= 0.3 is 11.9 Å². The number of carbonyl (C=O) groups excluding carboxylic acids is 2. The predicted octanol–water partition coefficient (Wildman–Crippen LogP) is 1.92. The number of amides is 1. The molecule has 0 aromatic heterocycles. The topological polar surface area (TPSA) is 55.4 Å². The summed E-state index contributed by atoms with van der Waals surface area (Å²) in [4.78, 5) is 22.3. The highest BCUT2D eigenvalue weighted by Gasteiger charge is 2.15. The molecule has 1 rings (SSSR count). The van der Waals surface area contributed by atoms with Gasteiger partial charge in [-0.25, -0.2) is 4.79 Å². The molecule has 4 nitrogen and oxygen atoms in total. The number of anilines is 1. The summed E-state index contributed by atoms with van der Waals surface area (Å²) in [6, 6.07) is 7.37. The third kappa shape index (κ3) is 2.82. The van der Waals surface area contributed by atoms with Gasteiger partial charge < -0.3 is 10.1 Å². The maximum atomic E-state index is 11.3. The summed E-state index contributed by atoms with van der Waals surface area (Å²) in [7, 11) is 1.18. The lowest BCUT2D eigenvalue weighted by Crippen LogP contribution is -2.24. The summed E-state index contributed by atoms with van der Waals surface area (Å²) < 4.78 is 4.33. The van der Waals surface area contributed by atoms with Crippen LogP contribution in [0.3, 0.4) is 0 Å². The Labute approximate surface area is 94.6 Å². The van der Waals surface area contributed by atoms with Crippen molar-refractivity contribution in [2.45, 2.75) is 19.8 Å². The molecular weight excluding hydrogens is 206 g/mol. The van der Waals surface area contributed by atoms with Crippen LogP contribution in [0, 0.1) is 0 Å². The van der Waals surface area contributed by atoms with E-state index in [0.29, 0.717) is 5.69 Å². The molecule has 86 valence electrons. The maximum absolute atomic E-state index is 11.3. The van der Waals surface area contributed by atoms with Gasteiger partial charge in [-0.15, -0.1) is 0 Å². The number of methoxy groups -OCH3 is 1. The zero-order valence-electron chi connectivity index (χ0n) is 9.61. The van der Waals surface area contributed by atoms with E-state index in [4.69, 9.17) is 0 Å². The van der Waals surface area contributed by atoms with Gasteiger partial charge in [0, 0.05) is 5.69 Å². The minimum absolute atomic E-state index is 0.272. The molecule has 0 aliphatic heterocycles. The van der Waals surface area contributed by atoms with Crippen molar-refractivity contribution >= 4 is 17.6 Å². The highest BCUT2D eigenvalue weighted by molar-refractivity contribution is 6.37. The average Bonchev–Trinajstić information content (AvgIpc) is 2.28. The second-order valence-corrected chi connectivity index (χ2v) is 3.69. The van der Waals surface area contributed by atoms with Crippen molar-refractivity contribution in [3.63, 3.8) is 0 Å². The fraction of sp³-hybridized carbons (Fsp3) is 0.333. The molecule has 0 bridgehead atoms. The molecule has 1 aromatic carbocycles. The van der Waals surface area contributed by atoms with E-state index >= 15 is 0 Å². The van der Waals surface area contributed by atoms with Crippen molar-refractivity contribution in [3.8, 4) is 0 Å². The van der Waals surface area contributed by atoms with Gasteiger partial charge in [0.25, 0.3) is 0 Å². The molecule has 0 saturated carbocycles. The van der Waals surface area contributed by atoms with E-state index < -0.39 is 11.9 Å². The molecule has 0 fully saturated rings. The number of nitrogens with one attached hydrogen (secondary N) is 1. The molecule has 0 spiro atoms. The van der Waals surface area contributed by atoms with Gasteiger partial charge in [0.05, 0.1) is 7.11 Å². The molecule has 0 unspecified atom stereocenters. The number of carbonyl (C=O) groups is 2. The van der Waals surface area contributed by atoms with Crippen LogP contribution in [0.25, 0.3) is 0 Å². The minimum Gasteiger partial charge on any atom is -0.462 e. The summed E-state index contributed by atoms with van der Waals surface area (Å²) in [6.45, 7) is 4.03. The van der Waals surface area contributed by atoms with E-state index in [0.717, 1.165) is 5.56 Å². The van der Waals surface area contributed by atoms with E-state index in [1.807, 2.05) is 26.0 Å². The van der Waals surface area contributed by atoms with Crippen LogP contribution in [-0.2, 0) is 14.3 Å². The molecule has 1 aromatic rings. The summed E-state index contributed by atoms with van der Waals surface area (Å²) >= 11 is 0. The molecule has 0 radical (unpaired) electrons. The van der Waals surface area contributed by atoms with Gasteiger partial charge in [-0.1, -0.05) is 32.0 Å². The van der Waals surface area contributed by atoms with Crippen LogP contribution in [0.15, 0.2) is 24.3 Å². The highest BCUT2D eigenvalue weighted by Crippen LogP contribution is 2.23. The lowest BCUT2D eigenvalue weighted by molar-refractivity contribution is -0.150. The molecule has 0 atom stereocenters. The van der Waals surface area contributed by atoms with E-state index in [1.54, 1.807) is 12.1 Å². The molecule has 0 aliphatic rings. The average molecular weight is 221 g/mol. The Balaban J connectivity index is 2.89. The monoisotopic (exact) mass is 221 g/mol. The van der Waals surface area contributed by atoms with Crippen molar-refractivity contribution in [2.75, 3.05) is 12.4 Å². The number of para-hydroxylation sites is 1. The van der Waals surface area contributed by atoms with Crippen molar-refractivity contribution < 1.29 is 14.3 Å². The number of esters is 1. The smallest absolute Gasteiger partial charge is 0.396 e. The largest absolute Gasteiger partial charge is 0.462 e. The zero-order chi connectivity index (χ0) is 12.1.